The molecule has 2 heteroatoms. The standard InChI is InChI=1S/C22H38OSi/c1-22(2,3)24(4,5)23-21-18-14-9-7-6-8-13-17-20(21)19-15-11-10-12-16-19/h10-12,15-16,20-21H,6-9,13-14,17-18H2,1-5H3. The predicted molar refractivity (Wildman–Crippen MR) is 108 cm³/mol. The quantitative estimate of drug-likeness (QED) is 0.522. The van der Waals surface area contributed by atoms with Gasteiger partial charge in [-0.3, -0.25) is 0 Å². The van der Waals surface area contributed by atoms with Gasteiger partial charge in [-0.15, -0.1) is 0 Å². The Labute approximate surface area is 151 Å². The Morgan fingerprint density at radius 3 is 1.96 bits per heavy atom. The van der Waals surface area contributed by atoms with Crippen LogP contribution in [0.15, 0.2) is 30.3 Å². The van der Waals surface area contributed by atoms with Crippen molar-refractivity contribution in [2.24, 2.45) is 0 Å². The number of rotatable bonds is 3. The summed E-state index contributed by atoms with van der Waals surface area (Å²) in [5.74, 6) is 0.568. The van der Waals surface area contributed by atoms with E-state index >= 15 is 0 Å². The van der Waals surface area contributed by atoms with Crippen LogP contribution in [-0.2, 0) is 4.43 Å². The van der Waals surface area contributed by atoms with Crippen LogP contribution >= 0.6 is 0 Å². The van der Waals surface area contributed by atoms with Crippen molar-refractivity contribution in [3.05, 3.63) is 35.9 Å². The molecule has 24 heavy (non-hydrogen) atoms. The SMILES string of the molecule is CC(C)(C)[Si](C)(C)OC1CCCCCCCCC1c1ccccc1. The Kier molecular flexibility index (Phi) is 7.12. The van der Waals surface area contributed by atoms with Gasteiger partial charge in [0, 0.05) is 5.92 Å². The summed E-state index contributed by atoms with van der Waals surface area (Å²) in [4.78, 5) is 0. The molecule has 1 nitrogen and oxygen atoms in total. The van der Waals surface area contributed by atoms with Crippen LogP contribution < -0.4 is 0 Å². The fourth-order valence-electron chi connectivity index (χ4n) is 3.58. The molecule has 0 spiro atoms. The summed E-state index contributed by atoms with van der Waals surface area (Å²) in [6.07, 6.45) is 11.1. The first-order valence-corrected chi connectivity index (χ1v) is 12.9. The maximum Gasteiger partial charge on any atom is 0.192 e. The first-order valence-electron chi connectivity index (χ1n) is 10.0. The second-order valence-electron chi connectivity index (χ2n) is 9.13. The van der Waals surface area contributed by atoms with Crippen LogP contribution in [0.2, 0.25) is 18.1 Å². The average molecular weight is 347 g/mol. The van der Waals surface area contributed by atoms with E-state index in [0.717, 1.165) is 0 Å². The summed E-state index contributed by atoms with van der Waals surface area (Å²) in [5.41, 5.74) is 1.49. The maximum atomic E-state index is 6.98. The van der Waals surface area contributed by atoms with Crippen molar-refractivity contribution >= 4 is 8.32 Å². The Balaban J connectivity index is 2.24. The first-order chi connectivity index (χ1) is 11.3. The molecule has 1 fully saturated rings. The van der Waals surface area contributed by atoms with Gasteiger partial charge in [0.2, 0.25) is 0 Å². The van der Waals surface area contributed by atoms with Crippen LogP contribution in [-0.4, -0.2) is 14.4 Å². The molecular formula is C22H38OSi. The zero-order valence-corrected chi connectivity index (χ0v) is 17.6. The summed E-state index contributed by atoms with van der Waals surface area (Å²) in [6.45, 7) is 11.9. The van der Waals surface area contributed by atoms with Crippen molar-refractivity contribution in [2.45, 2.75) is 102 Å². The molecule has 2 unspecified atom stereocenters. The Bertz CT molecular complexity index is 474. The van der Waals surface area contributed by atoms with Gasteiger partial charge < -0.3 is 4.43 Å². The van der Waals surface area contributed by atoms with E-state index in [-0.39, 0.29) is 5.04 Å². The summed E-state index contributed by atoms with van der Waals surface area (Å²) in [6, 6.07) is 11.2. The van der Waals surface area contributed by atoms with E-state index < -0.39 is 8.32 Å². The molecule has 0 saturated heterocycles. The Hall–Kier alpha value is -0.603. The van der Waals surface area contributed by atoms with Crippen LogP contribution in [0.25, 0.3) is 0 Å². The molecule has 0 heterocycles. The van der Waals surface area contributed by atoms with E-state index in [9.17, 15) is 0 Å². The lowest BCUT2D eigenvalue weighted by atomic mass is 9.85. The molecule has 2 atom stereocenters. The van der Waals surface area contributed by atoms with Gasteiger partial charge in [0.1, 0.15) is 0 Å². The lowest BCUT2D eigenvalue weighted by Crippen LogP contribution is -2.45. The molecule has 136 valence electrons. The van der Waals surface area contributed by atoms with Crippen molar-refractivity contribution in [2.75, 3.05) is 0 Å². The van der Waals surface area contributed by atoms with E-state index in [4.69, 9.17) is 4.43 Å². The Morgan fingerprint density at radius 2 is 1.38 bits per heavy atom. The number of hydrogen-bond acceptors (Lipinski definition) is 1. The minimum atomic E-state index is -1.73. The lowest BCUT2D eigenvalue weighted by Gasteiger charge is -2.42. The predicted octanol–water partition coefficient (Wildman–Crippen LogP) is 7.30. The monoisotopic (exact) mass is 346 g/mol. The van der Waals surface area contributed by atoms with Crippen LogP contribution in [0, 0.1) is 0 Å². The third kappa shape index (κ3) is 5.45. The molecule has 0 N–H and O–H groups in total. The van der Waals surface area contributed by atoms with Gasteiger partial charge in [-0.25, -0.2) is 0 Å². The molecule has 1 aromatic rings. The number of hydrogen-bond donors (Lipinski definition) is 0. The van der Waals surface area contributed by atoms with E-state index in [1.807, 2.05) is 0 Å². The maximum absolute atomic E-state index is 6.98. The van der Waals surface area contributed by atoms with Crippen LogP contribution in [0.3, 0.4) is 0 Å². The van der Waals surface area contributed by atoms with E-state index in [2.05, 4.69) is 64.2 Å². The average Bonchev–Trinajstić information content (AvgIpc) is 2.52. The molecule has 0 bridgehead atoms. The highest BCUT2D eigenvalue weighted by Gasteiger charge is 2.40. The molecule has 0 aliphatic heterocycles. The largest absolute Gasteiger partial charge is 0.413 e. The van der Waals surface area contributed by atoms with Gasteiger partial charge in [0.05, 0.1) is 6.10 Å². The van der Waals surface area contributed by atoms with Gasteiger partial charge in [0.25, 0.3) is 0 Å². The summed E-state index contributed by atoms with van der Waals surface area (Å²) >= 11 is 0. The van der Waals surface area contributed by atoms with Gasteiger partial charge in [-0.05, 0) is 36.5 Å². The molecule has 0 amide bonds. The van der Waals surface area contributed by atoms with E-state index in [0.29, 0.717) is 12.0 Å². The molecule has 1 aliphatic carbocycles. The normalized spacial score (nSPS) is 24.5. The topological polar surface area (TPSA) is 9.23 Å². The van der Waals surface area contributed by atoms with E-state index in [1.165, 1.54) is 56.9 Å². The highest BCUT2D eigenvalue weighted by molar-refractivity contribution is 6.74. The Morgan fingerprint density at radius 1 is 0.833 bits per heavy atom. The van der Waals surface area contributed by atoms with Crippen molar-refractivity contribution < 1.29 is 4.43 Å². The summed E-state index contributed by atoms with van der Waals surface area (Å²) < 4.78 is 6.98. The van der Waals surface area contributed by atoms with Crippen LogP contribution in [0.5, 0.6) is 0 Å². The summed E-state index contributed by atoms with van der Waals surface area (Å²) in [7, 11) is -1.73. The van der Waals surface area contributed by atoms with Crippen LogP contribution in [0.1, 0.15) is 83.6 Å². The zero-order chi connectivity index (χ0) is 17.6. The molecule has 1 aromatic carbocycles. The van der Waals surface area contributed by atoms with Gasteiger partial charge in [-0.1, -0.05) is 89.6 Å². The fourth-order valence-corrected chi connectivity index (χ4v) is 4.97. The zero-order valence-electron chi connectivity index (χ0n) is 16.6. The smallest absolute Gasteiger partial charge is 0.192 e. The second kappa shape index (κ2) is 8.67. The third-order valence-corrected chi connectivity index (χ3v) is 10.7. The highest BCUT2D eigenvalue weighted by Crippen LogP contribution is 2.41. The van der Waals surface area contributed by atoms with Crippen molar-refractivity contribution in [1.29, 1.82) is 0 Å². The lowest BCUT2D eigenvalue weighted by molar-refractivity contribution is 0.130. The molecule has 1 saturated carbocycles. The molecule has 0 aromatic heterocycles. The molecular weight excluding hydrogens is 308 g/mol. The van der Waals surface area contributed by atoms with Gasteiger partial charge in [-0.2, -0.15) is 0 Å². The van der Waals surface area contributed by atoms with Gasteiger partial charge >= 0.3 is 0 Å². The minimum Gasteiger partial charge on any atom is -0.413 e. The third-order valence-electron chi connectivity index (χ3n) is 6.18. The summed E-state index contributed by atoms with van der Waals surface area (Å²) in [5, 5.41) is 0.281. The second-order valence-corrected chi connectivity index (χ2v) is 13.9. The minimum absolute atomic E-state index is 0.281. The first kappa shape index (κ1) is 19.7. The van der Waals surface area contributed by atoms with Crippen molar-refractivity contribution in [1.82, 2.24) is 0 Å². The number of benzene rings is 1. The van der Waals surface area contributed by atoms with Crippen LogP contribution in [0.4, 0.5) is 0 Å². The molecule has 1 aliphatic rings. The van der Waals surface area contributed by atoms with Crippen molar-refractivity contribution in [3.63, 3.8) is 0 Å². The fraction of sp³-hybridized carbons (Fsp3) is 0.727. The van der Waals surface area contributed by atoms with Crippen molar-refractivity contribution in [3.8, 4) is 0 Å². The van der Waals surface area contributed by atoms with E-state index in [1.54, 1.807) is 0 Å². The highest BCUT2D eigenvalue weighted by atomic mass is 28.4. The molecule has 0 radical (unpaired) electrons. The molecule has 2 rings (SSSR count). The van der Waals surface area contributed by atoms with Gasteiger partial charge in [0.15, 0.2) is 8.32 Å².